The molecular weight excluding hydrogens is 258 g/mol. The summed E-state index contributed by atoms with van der Waals surface area (Å²) in [6.07, 6.45) is 0.0336. The highest BCUT2D eigenvalue weighted by atomic mass is 16.6. The van der Waals surface area contributed by atoms with Crippen LogP contribution in [0.4, 0.5) is 0 Å². The molecule has 5 heteroatoms. The number of hydrogen-bond donors (Lipinski definition) is 1. The summed E-state index contributed by atoms with van der Waals surface area (Å²) in [6.45, 7) is 6.13. The molecule has 2 atom stereocenters. The van der Waals surface area contributed by atoms with Crippen molar-refractivity contribution in [3.8, 4) is 11.5 Å². The van der Waals surface area contributed by atoms with Gasteiger partial charge in [-0.1, -0.05) is 13.0 Å². The smallest absolute Gasteiger partial charge is 0.161 e. The van der Waals surface area contributed by atoms with Gasteiger partial charge in [-0.05, 0) is 24.2 Å². The summed E-state index contributed by atoms with van der Waals surface area (Å²) >= 11 is 0. The van der Waals surface area contributed by atoms with Gasteiger partial charge < -0.3 is 24.3 Å². The van der Waals surface area contributed by atoms with Crippen LogP contribution >= 0.6 is 0 Å². The molecule has 2 unspecified atom stereocenters. The van der Waals surface area contributed by atoms with Crippen LogP contribution in [-0.4, -0.2) is 45.7 Å². The minimum Gasteiger partial charge on any atom is -0.486 e. The summed E-state index contributed by atoms with van der Waals surface area (Å²) in [7, 11) is 0. The third-order valence-corrected chi connectivity index (χ3v) is 3.56. The Labute approximate surface area is 119 Å². The predicted molar refractivity (Wildman–Crippen MR) is 74.4 cm³/mol. The fourth-order valence-corrected chi connectivity index (χ4v) is 2.64. The van der Waals surface area contributed by atoms with E-state index in [-0.39, 0.29) is 12.1 Å². The summed E-state index contributed by atoms with van der Waals surface area (Å²) in [5.41, 5.74) is 1.15. The maximum Gasteiger partial charge on any atom is 0.161 e. The zero-order valence-corrected chi connectivity index (χ0v) is 11.8. The van der Waals surface area contributed by atoms with Crippen molar-refractivity contribution in [1.29, 1.82) is 0 Å². The number of benzene rings is 1. The monoisotopic (exact) mass is 279 g/mol. The lowest BCUT2D eigenvalue weighted by Gasteiger charge is -2.32. The van der Waals surface area contributed by atoms with Crippen LogP contribution in [0.15, 0.2) is 18.2 Å². The van der Waals surface area contributed by atoms with Crippen LogP contribution in [0.1, 0.15) is 18.5 Å². The van der Waals surface area contributed by atoms with Crippen molar-refractivity contribution in [2.24, 2.45) is 0 Å². The van der Waals surface area contributed by atoms with Gasteiger partial charge in [0.2, 0.25) is 0 Å². The van der Waals surface area contributed by atoms with Gasteiger partial charge in [-0.2, -0.15) is 0 Å². The van der Waals surface area contributed by atoms with Crippen molar-refractivity contribution in [3.63, 3.8) is 0 Å². The lowest BCUT2D eigenvalue weighted by Crippen LogP contribution is -2.40. The minimum atomic E-state index is 0.0336. The third-order valence-electron chi connectivity index (χ3n) is 3.56. The van der Waals surface area contributed by atoms with E-state index in [1.807, 2.05) is 12.1 Å². The molecule has 110 valence electrons. The van der Waals surface area contributed by atoms with Crippen molar-refractivity contribution in [2.75, 3.05) is 39.6 Å². The fourth-order valence-electron chi connectivity index (χ4n) is 2.64. The molecule has 3 rings (SSSR count). The predicted octanol–water partition coefficient (Wildman–Crippen LogP) is 1.52. The van der Waals surface area contributed by atoms with Gasteiger partial charge >= 0.3 is 0 Å². The lowest BCUT2D eigenvalue weighted by molar-refractivity contribution is -0.102. The summed E-state index contributed by atoms with van der Waals surface area (Å²) in [5, 5.41) is 3.47. The summed E-state index contributed by atoms with van der Waals surface area (Å²) < 4.78 is 22.6. The molecule has 1 saturated heterocycles. The number of hydrogen-bond acceptors (Lipinski definition) is 5. The van der Waals surface area contributed by atoms with Crippen molar-refractivity contribution >= 4 is 0 Å². The van der Waals surface area contributed by atoms with E-state index in [2.05, 4.69) is 18.3 Å². The Morgan fingerprint density at radius 3 is 2.75 bits per heavy atom. The molecule has 1 N–H and O–H groups in total. The second-order valence-electron chi connectivity index (χ2n) is 4.92. The van der Waals surface area contributed by atoms with Crippen LogP contribution in [0.3, 0.4) is 0 Å². The van der Waals surface area contributed by atoms with E-state index in [4.69, 9.17) is 18.9 Å². The van der Waals surface area contributed by atoms with Crippen LogP contribution in [0.2, 0.25) is 0 Å². The maximum absolute atomic E-state index is 5.83. The zero-order valence-electron chi connectivity index (χ0n) is 11.8. The molecule has 0 bridgehead atoms. The number of rotatable bonds is 4. The minimum absolute atomic E-state index is 0.0336. The normalized spacial score (nSPS) is 23.4. The first-order valence-electron chi connectivity index (χ1n) is 7.20. The molecule has 1 fully saturated rings. The van der Waals surface area contributed by atoms with Gasteiger partial charge in [0.05, 0.1) is 25.9 Å². The van der Waals surface area contributed by atoms with E-state index in [0.717, 1.165) is 23.6 Å². The van der Waals surface area contributed by atoms with Gasteiger partial charge in [-0.15, -0.1) is 0 Å². The Balaban J connectivity index is 1.82. The largest absolute Gasteiger partial charge is 0.486 e. The highest BCUT2D eigenvalue weighted by Gasteiger charge is 2.27. The molecule has 2 aliphatic heterocycles. The molecule has 1 aromatic rings. The number of likely N-dealkylation sites (N-methyl/N-ethyl adjacent to an activating group) is 1. The van der Waals surface area contributed by atoms with Crippen LogP contribution in [0.5, 0.6) is 11.5 Å². The van der Waals surface area contributed by atoms with Crippen molar-refractivity contribution in [1.82, 2.24) is 5.32 Å². The summed E-state index contributed by atoms with van der Waals surface area (Å²) in [4.78, 5) is 0. The molecular formula is C15H21NO4. The van der Waals surface area contributed by atoms with Gasteiger partial charge in [0.1, 0.15) is 19.3 Å². The average Bonchev–Trinajstić information content (AvgIpc) is 2.53. The van der Waals surface area contributed by atoms with Gasteiger partial charge in [0, 0.05) is 0 Å². The highest BCUT2D eigenvalue weighted by Crippen LogP contribution is 2.34. The number of nitrogens with one attached hydrogen (secondary N) is 1. The van der Waals surface area contributed by atoms with Gasteiger partial charge in [-0.3, -0.25) is 0 Å². The second kappa shape index (κ2) is 6.43. The van der Waals surface area contributed by atoms with Crippen molar-refractivity contribution < 1.29 is 18.9 Å². The Hall–Kier alpha value is -1.30. The fraction of sp³-hybridized carbons (Fsp3) is 0.600. The standard InChI is InChI=1S/C15H21NO4/c1-2-16-15(14-10-17-5-6-20-14)11-3-4-12-13(9-11)19-8-7-18-12/h3-4,9,14-16H,2,5-8,10H2,1H3. The molecule has 1 aromatic carbocycles. The third kappa shape index (κ3) is 2.90. The van der Waals surface area contributed by atoms with Gasteiger partial charge in [0.15, 0.2) is 11.5 Å². The quantitative estimate of drug-likeness (QED) is 0.905. The molecule has 2 aliphatic rings. The Morgan fingerprint density at radius 2 is 2.00 bits per heavy atom. The van der Waals surface area contributed by atoms with E-state index in [1.54, 1.807) is 0 Å². The molecule has 2 heterocycles. The van der Waals surface area contributed by atoms with Crippen LogP contribution in [0, 0.1) is 0 Å². The Morgan fingerprint density at radius 1 is 1.15 bits per heavy atom. The molecule has 20 heavy (non-hydrogen) atoms. The molecule has 0 radical (unpaired) electrons. The zero-order chi connectivity index (χ0) is 13.8. The average molecular weight is 279 g/mol. The van der Waals surface area contributed by atoms with Crippen LogP contribution in [0.25, 0.3) is 0 Å². The first-order valence-corrected chi connectivity index (χ1v) is 7.20. The molecule has 0 amide bonds. The Bertz CT molecular complexity index is 445. The lowest BCUT2D eigenvalue weighted by atomic mass is 10.0. The first kappa shape index (κ1) is 13.7. The molecule has 0 aromatic heterocycles. The van der Waals surface area contributed by atoms with E-state index in [1.165, 1.54) is 0 Å². The Kier molecular flexibility index (Phi) is 4.40. The highest BCUT2D eigenvalue weighted by molar-refractivity contribution is 5.45. The first-order chi connectivity index (χ1) is 9.88. The van der Waals surface area contributed by atoms with E-state index >= 15 is 0 Å². The maximum atomic E-state index is 5.83. The topological polar surface area (TPSA) is 49.0 Å². The van der Waals surface area contributed by atoms with Crippen molar-refractivity contribution in [2.45, 2.75) is 19.1 Å². The number of fused-ring (bicyclic) bond motifs is 1. The van der Waals surface area contributed by atoms with E-state index in [9.17, 15) is 0 Å². The van der Waals surface area contributed by atoms with E-state index < -0.39 is 0 Å². The van der Waals surface area contributed by atoms with Crippen LogP contribution < -0.4 is 14.8 Å². The second-order valence-corrected chi connectivity index (χ2v) is 4.92. The SMILES string of the molecule is CCNC(c1ccc2c(c1)OCCO2)C1COCCO1. The number of ether oxygens (including phenoxy) is 4. The van der Waals surface area contributed by atoms with Gasteiger partial charge in [0.25, 0.3) is 0 Å². The molecule has 0 saturated carbocycles. The molecule has 5 nitrogen and oxygen atoms in total. The van der Waals surface area contributed by atoms with Crippen LogP contribution in [-0.2, 0) is 9.47 Å². The van der Waals surface area contributed by atoms with Gasteiger partial charge in [-0.25, -0.2) is 0 Å². The summed E-state index contributed by atoms with van der Waals surface area (Å²) in [5.74, 6) is 1.63. The van der Waals surface area contributed by atoms with E-state index in [0.29, 0.717) is 33.0 Å². The summed E-state index contributed by atoms with van der Waals surface area (Å²) in [6, 6.07) is 6.19. The molecule has 0 spiro atoms. The molecule has 0 aliphatic carbocycles. The van der Waals surface area contributed by atoms with Crippen molar-refractivity contribution in [3.05, 3.63) is 23.8 Å².